The second-order valence-corrected chi connectivity index (χ2v) is 6.77. The molecule has 1 atom stereocenters. The molecule has 0 aromatic carbocycles. The highest BCUT2D eigenvalue weighted by molar-refractivity contribution is 7.10. The summed E-state index contributed by atoms with van der Waals surface area (Å²) in [6.07, 6.45) is 3.60. The van der Waals surface area contributed by atoms with Gasteiger partial charge in [0, 0.05) is 10.3 Å². The van der Waals surface area contributed by atoms with Crippen molar-refractivity contribution in [2.45, 2.75) is 45.1 Å². The lowest BCUT2D eigenvalue weighted by molar-refractivity contribution is 0.0652. The molecular weight excluding hydrogens is 274 g/mol. The summed E-state index contributed by atoms with van der Waals surface area (Å²) in [4.78, 5) is 13.7. The van der Waals surface area contributed by atoms with Crippen LogP contribution in [0, 0.1) is 5.92 Å². The van der Waals surface area contributed by atoms with Gasteiger partial charge in [0.2, 0.25) is 0 Å². The van der Waals surface area contributed by atoms with E-state index in [1.807, 2.05) is 12.3 Å². The largest absolute Gasteiger partial charge is 0.394 e. The Bertz CT molecular complexity index is 471. The molecule has 1 aliphatic carbocycles. The zero-order valence-electron chi connectivity index (χ0n) is 12.1. The second-order valence-electron chi connectivity index (χ2n) is 5.80. The number of nitrogens with one attached hydrogen (secondary N) is 1. The van der Waals surface area contributed by atoms with Crippen LogP contribution in [0.3, 0.4) is 0 Å². The molecule has 2 rings (SSSR count). The first-order chi connectivity index (χ1) is 9.55. The number of rotatable bonds is 5. The predicted molar refractivity (Wildman–Crippen MR) is 80.2 cm³/mol. The molecule has 0 radical (unpaired) electrons. The fourth-order valence-electron chi connectivity index (χ4n) is 2.62. The van der Waals surface area contributed by atoms with Crippen LogP contribution in [0.15, 0.2) is 5.38 Å². The van der Waals surface area contributed by atoms with E-state index in [0.29, 0.717) is 12.3 Å². The highest BCUT2D eigenvalue weighted by atomic mass is 32.1. The van der Waals surface area contributed by atoms with E-state index in [1.165, 1.54) is 4.88 Å². The molecule has 0 bridgehead atoms. The number of aliphatic hydroxyl groups is 2. The van der Waals surface area contributed by atoms with Gasteiger partial charge in [0.15, 0.2) is 0 Å². The van der Waals surface area contributed by atoms with Crippen LogP contribution in [0.5, 0.6) is 0 Å². The summed E-state index contributed by atoms with van der Waals surface area (Å²) in [5.41, 5.74) is 0.955. The first-order valence-corrected chi connectivity index (χ1v) is 8.06. The maximum atomic E-state index is 12.4. The van der Waals surface area contributed by atoms with Crippen molar-refractivity contribution in [2.75, 3.05) is 13.2 Å². The van der Waals surface area contributed by atoms with Gasteiger partial charge in [-0.3, -0.25) is 4.79 Å². The molecule has 0 spiro atoms. The van der Waals surface area contributed by atoms with Crippen LogP contribution in [0.1, 0.15) is 47.5 Å². The lowest BCUT2D eigenvalue weighted by Crippen LogP contribution is -2.53. The Hall–Kier alpha value is -0.910. The van der Waals surface area contributed by atoms with Crippen LogP contribution in [-0.2, 0) is 12.8 Å². The third-order valence-corrected chi connectivity index (χ3v) is 5.36. The molecule has 1 unspecified atom stereocenters. The first-order valence-electron chi connectivity index (χ1n) is 7.18. The molecule has 3 N–H and O–H groups in total. The number of aliphatic hydroxyl groups excluding tert-OH is 2. The van der Waals surface area contributed by atoms with Crippen LogP contribution in [0.4, 0.5) is 0 Å². The number of carbonyl (C=O) groups is 1. The molecule has 5 heteroatoms. The molecule has 1 aromatic heterocycles. The van der Waals surface area contributed by atoms with Crippen molar-refractivity contribution in [2.24, 2.45) is 5.92 Å². The predicted octanol–water partition coefficient (Wildman–Crippen LogP) is 1.74. The van der Waals surface area contributed by atoms with Crippen molar-refractivity contribution in [3.63, 3.8) is 0 Å². The Labute approximate surface area is 123 Å². The SMILES string of the molecule is CCC(CO)(CO)NC(=O)c1csc2c1CCC(C)C2. The van der Waals surface area contributed by atoms with Gasteiger partial charge in [0.1, 0.15) is 0 Å². The van der Waals surface area contributed by atoms with Gasteiger partial charge >= 0.3 is 0 Å². The smallest absolute Gasteiger partial charge is 0.253 e. The molecule has 0 aliphatic heterocycles. The Balaban J connectivity index is 2.18. The average molecular weight is 297 g/mol. The molecule has 4 nitrogen and oxygen atoms in total. The monoisotopic (exact) mass is 297 g/mol. The van der Waals surface area contributed by atoms with E-state index in [0.717, 1.165) is 30.4 Å². The Morgan fingerprint density at radius 3 is 2.80 bits per heavy atom. The number of hydrogen-bond acceptors (Lipinski definition) is 4. The van der Waals surface area contributed by atoms with E-state index in [9.17, 15) is 15.0 Å². The van der Waals surface area contributed by atoms with E-state index in [-0.39, 0.29) is 19.1 Å². The fraction of sp³-hybridized carbons (Fsp3) is 0.667. The van der Waals surface area contributed by atoms with Crippen LogP contribution in [0.2, 0.25) is 0 Å². The van der Waals surface area contributed by atoms with E-state index >= 15 is 0 Å². The summed E-state index contributed by atoms with van der Waals surface area (Å²) < 4.78 is 0. The lowest BCUT2D eigenvalue weighted by atomic mass is 9.88. The number of carbonyl (C=O) groups excluding carboxylic acids is 1. The maximum absolute atomic E-state index is 12.4. The summed E-state index contributed by atoms with van der Waals surface area (Å²) in [5, 5.41) is 23.6. The van der Waals surface area contributed by atoms with Gasteiger partial charge in [-0.1, -0.05) is 13.8 Å². The summed E-state index contributed by atoms with van der Waals surface area (Å²) in [5.74, 6) is 0.503. The van der Waals surface area contributed by atoms with Gasteiger partial charge in [-0.15, -0.1) is 11.3 Å². The minimum Gasteiger partial charge on any atom is -0.394 e. The highest BCUT2D eigenvalue weighted by Crippen LogP contribution is 2.33. The van der Waals surface area contributed by atoms with Gasteiger partial charge in [-0.2, -0.15) is 0 Å². The van der Waals surface area contributed by atoms with Crippen molar-refractivity contribution in [1.82, 2.24) is 5.32 Å². The van der Waals surface area contributed by atoms with Crippen molar-refractivity contribution in [1.29, 1.82) is 0 Å². The molecule has 1 heterocycles. The molecule has 0 fully saturated rings. The maximum Gasteiger partial charge on any atom is 0.253 e. The zero-order valence-corrected chi connectivity index (χ0v) is 12.9. The fourth-order valence-corrected chi connectivity index (χ4v) is 3.86. The van der Waals surface area contributed by atoms with E-state index in [2.05, 4.69) is 12.2 Å². The molecule has 0 saturated carbocycles. The summed E-state index contributed by atoms with van der Waals surface area (Å²) in [6.45, 7) is 3.57. The zero-order chi connectivity index (χ0) is 14.8. The van der Waals surface area contributed by atoms with E-state index < -0.39 is 5.54 Å². The minimum absolute atomic E-state index is 0.179. The second kappa shape index (κ2) is 6.24. The molecule has 0 saturated heterocycles. The standard InChI is InChI=1S/C15H23NO3S/c1-3-15(8-17,9-18)16-14(19)12-7-20-13-6-10(2)4-5-11(12)13/h7,10,17-18H,3-6,8-9H2,1-2H3,(H,16,19). The first kappa shape index (κ1) is 15.5. The number of amides is 1. The van der Waals surface area contributed by atoms with E-state index in [4.69, 9.17) is 0 Å². The Morgan fingerprint density at radius 2 is 2.20 bits per heavy atom. The molecule has 1 aromatic rings. The van der Waals surface area contributed by atoms with Crippen molar-refractivity contribution in [3.05, 3.63) is 21.4 Å². The van der Waals surface area contributed by atoms with Gasteiger partial charge in [0.25, 0.3) is 5.91 Å². The van der Waals surface area contributed by atoms with Gasteiger partial charge < -0.3 is 15.5 Å². The Kier molecular flexibility index (Phi) is 4.83. The lowest BCUT2D eigenvalue weighted by Gasteiger charge is -2.30. The van der Waals surface area contributed by atoms with Gasteiger partial charge in [-0.25, -0.2) is 0 Å². The van der Waals surface area contributed by atoms with Crippen LogP contribution < -0.4 is 5.32 Å². The normalized spacial score (nSPS) is 18.7. The van der Waals surface area contributed by atoms with Crippen LogP contribution >= 0.6 is 11.3 Å². The summed E-state index contributed by atoms with van der Waals surface area (Å²) in [7, 11) is 0. The van der Waals surface area contributed by atoms with Crippen LogP contribution in [-0.4, -0.2) is 34.9 Å². The molecule has 1 aliphatic rings. The van der Waals surface area contributed by atoms with Crippen molar-refractivity contribution >= 4 is 17.2 Å². The highest BCUT2D eigenvalue weighted by Gasteiger charge is 2.31. The van der Waals surface area contributed by atoms with Gasteiger partial charge in [-0.05, 0) is 37.2 Å². The molecule has 1 amide bonds. The number of hydrogen-bond donors (Lipinski definition) is 3. The molecular formula is C15H23NO3S. The third kappa shape index (κ3) is 2.90. The van der Waals surface area contributed by atoms with Crippen molar-refractivity contribution in [3.8, 4) is 0 Å². The summed E-state index contributed by atoms with van der Waals surface area (Å²) in [6, 6.07) is 0. The topological polar surface area (TPSA) is 69.6 Å². The van der Waals surface area contributed by atoms with E-state index in [1.54, 1.807) is 11.3 Å². The number of thiophene rings is 1. The molecule has 20 heavy (non-hydrogen) atoms. The molecule has 112 valence electrons. The average Bonchev–Trinajstić information content (AvgIpc) is 2.87. The number of fused-ring (bicyclic) bond motifs is 1. The summed E-state index contributed by atoms with van der Waals surface area (Å²) >= 11 is 1.65. The quantitative estimate of drug-likeness (QED) is 0.775. The Morgan fingerprint density at radius 1 is 1.50 bits per heavy atom. The third-order valence-electron chi connectivity index (χ3n) is 4.31. The van der Waals surface area contributed by atoms with Gasteiger partial charge in [0.05, 0.1) is 24.3 Å². The minimum atomic E-state index is -0.923. The van der Waals surface area contributed by atoms with Crippen molar-refractivity contribution < 1.29 is 15.0 Å². The van der Waals surface area contributed by atoms with Crippen LogP contribution in [0.25, 0.3) is 0 Å².